The monoisotopic (exact) mass is 215 g/mol. The number of hydrogen-bond donors (Lipinski definition) is 0. The van der Waals surface area contributed by atoms with Crippen molar-refractivity contribution in [2.45, 2.75) is 27.3 Å². The van der Waals surface area contributed by atoms with Crippen molar-refractivity contribution in [3.05, 3.63) is 16.4 Å². The van der Waals surface area contributed by atoms with Crippen molar-refractivity contribution < 1.29 is 9.90 Å². The lowest BCUT2D eigenvalue weighted by molar-refractivity contribution is -0.311. The van der Waals surface area contributed by atoms with Crippen LogP contribution in [0.2, 0.25) is 5.02 Å². The highest BCUT2D eigenvalue weighted by Crippen LogP contribution is 2.19. The molecule has 1 atom stereocenters. The van der Waals surface area contributed by atoms with E-state index in [2.05, 4.69) is 5.10 Å². The quantitative estimate of drug-likeness (QED) is 0.740. The average molecular weight is 216 g/mol. The smallest absolute Gasteiger partial charge is 0.0844 e. The number of carboxylic acids is 1. The largest absolute Gasteiger partial charge is 0.550 e. The predicted molar refractivity (Wildman–Crippen MR) is 50.9 cm³/mol. The maximum absolute atomic E-state index is 10.5. The molecule has 0 amide bonds. The van der Waals surface area contributed by atoms with Crippen molar-refractivity contribution in [3.63, 3.8) is 0 Å². The van der Waals surface area contributed by atoms with Gasteiger partial charge < -0.3 is 9.90 Å². The number of aryl methyl sites for hydroxylation is 1. The standard InChI is InChI=1S/C9H13ClN2O2/c1-5(9(13)14)4-12-7(3)8(10)6(2)11-12/h5H,4H2,1-3H3,(H,13,14)/p-1/t5-/m1/s1. The first kappa shape index (κ1) is 11.0. The summed E-state index contributed by atoms with van der Waals surface area (Å²) in [5, 5.41) is 15.2. The fourth-order valence-electron chi connectivity index (χ4n) is 1.19. The average Bonchev–Trinajstić information content (AvgIpc) is 2.33. The Hall–Kier alpha value is -1.03. The van der Waals surface area contributed by atoms with E-state index in [0.29, 0.717) is 11.6 Å². The number of hydrogen-bond acceptors (Lipinski definition) is 3. The molecule has 14 heavy (non-hydrogen) atoms. The fraction of sp³-hybridized carbons (Fsp3) is 0.556. The zero-order valence-corrected chi connectivity index (χ0v) is 9.13. The minimum atomic E-state index is -1.08. The molecule has 0 saturated heterocycles. The summed E-state index contributed by atoms with van der Waals surface area (Å²) >= 11 is 5.92. The molecular weight excluding hydrogens is 204 g/mol. The van der Waals surface area contributed by atoms with Gasteiger partial charge in [0.05, 0.1) is 16.4 Å². The zero-order chi connectivity index (χ0) is 10.9. The van der Waals surface area contributed by atoms with Crippen molar-refractivity contribution in [3.8, 4) is 0 Å². The normalized spacial score (nSPS) is 12.9. The molecule has 1 heterocycles. The van der Waals surface area contributed by atoms with Gasteiger partial charge in [-0.1, -0.05) is 18.5 Å². The summed E-state index contributed by atoms with van der Waals surface area (Å²) in [7, 11) is 0. The Morgan fingerprint density at radius 3 is 2.57 bits per heavy atom. The van der Waals surface area contributed by atoms with Crippen molar-refractivity contribution in [1.29, 1.82) is 0 Å². The van der Waals surface area contributed by atoms with Crippen molar-refractivity contribution >= 4 is 17.6 Å². The molecule has 0 unspecified atom stereocenters. The van der Waals surface area contributed by atoms with Gasteiger partial charge in [-0.2, -0.15) is 5.10 Å². The Morgan fingerprint density at radius 2 is 2.21 bits per heavy atom. The molecule has 0 bridgehead atoms. The third-order valence-corrected chi connectivity index (χ3v) is 2.69. The van der Waals surface area contributed by atoms with Gasteiger partial charge in [-0.25, -0.2) is 0 Å². The van der Waals surface area contributed by atoms with Crippen LogP contribution in [0, 0.1) is 19.8 Å². The Morgan fingerprint density at radius 1 is 1.64 bits per heavy atom. The van der Waals surface area contributed by atoms with E-state index in [1.807, 2.05) is 6.92 Å². The van der Waals surface area contributed by atoms with E-state index in [-0.39, 0.29) is 0 Å². The van der Waals surface area contributed by atoms with Crippen LogP contribution in [0.3, 0.4) is 0 Å². The predicted octanol–water partition coefficient (Wildman–Crippen LogP) is 0.539. The molecule has 78 valence electrons. The van der Waals surface area contributed by atoms with Gasteiger partial charge in [-0.3, -0.25) is 4.68 Å². The molecule has 0 aliphatic carbocycles. The zero-order valence-electron chi connectivity index (χ0n) is 8.37. The highest BCUT2D eigenvalue weighted by atomic mass is 35.5. The number of aliphatic carboxylic acids is 1. The summed E-state index contributed by atoms with van der Waals surface area (Å²) < 4.78 is 1.60. The molecule has 0 N–H and O–H groups in total. The van der Waals surface area contributed by atoms with Crippen LogP contribution in [0.1, 0.15) is 18.3 Å². The van der Waals surface area contributed by atoms with Gasteiger partial charge in [0.1, 0.15) is 0 Å². The first-order valence-electron chi connectivity index (χ1n) is 4.33. The molecular formula is C9H12ClN2O2-. The van der Waals surface area contributed by atoms with E-state index < -0.39 is 11.9 Å². The minimum absolute atomic E-state index is 0.293. The molecule has 1 aromatic heterocycles. The summed E-state index contributed by atoms with van der Waals surface area (Å²) in [5.41, 5.74) is 1.51. The lowest BCUT2D eigenvalue weighted by Gasteiger charge is -2.13. The lowest BCUT2D eigenvalue weighted by Crippen LogP contribution is -2.32. The second-order valence-electron chi connectivity index (χ2n) is 3.39. The SMILES string of the molecule is Cc1nn(C[C@@H](C)C(=O)[O-])c(C)c1Cl. The highest BCUT2D eigenvalue weighted by molar-refractivity contribution is 6.31. The van der Waals surface area contributed by atoms with Crippen LogP contribution in [0.4, 0.5) is 0 Å². The number of carbonyl (C=O) groups is 1. The summed E-state index contributed by atoms with van der Waals surface area (Å²) in [6.07, 6.45) is 0. The minimum Gasteiger partial charge on any atom is -0.550 e. The molecule has 1 aromatic rings. The van der Waals surface area contributed by atoms with Gasteiger partial charge >= 0.3 is 0 Å². The van der Waals surface area contributed by atoms with Crippen LogP contribution < -0.4 is 5.11 Å². The molecule has 0 aromatic carbocycles. The fourth-order valence-corrected chi connectivity index (χ4v) is 1.32. The van der Waals surface area contributed by atoms with Crippen molar-refractivity contribution in [2.24, 2.45) is 5.92 Å². The van der Waals surface area contributed by atoms with Gasteiger partial charge in [0, 0.05) is 18.4 Å². The molecule has 0 aliphatic rings. The Labute approximate surface area is 87.5 Å². The molecule has 0 saturated carbocycles. The third kappa shape index (κ3) is 2.07. The van der Waals surface area contributed by atoms with Gasteiger partial charge in [-0.15, -0.1) is 0 Å². The van der Waals surface area contributed by atoms with Crippen LogP contribution in [0.15, 0.2) is 0 Å². The maximum atomic E-state index is 10.5. The Balaban J connectivity index is 2.87. The summed E-state index contributed by atoms with van der Waals surface area (Å²) in [6.45, 7) is 5.47. The topological polar surface area (TPSA) is 58.0 Å². The number of carbonyl (C=O) groups excluding carboxylic acids is 1. The summed E-state index contributed by atoms with van der Waals surface area (Å²) in [5.74, 6) is -1.64. The third-order valence-electron chi connectivity index (χ3n) is 2.14. The van der Waals surface area contributed by atoms with E-state index in [9.17, 15) is 9.90 Å². The van der Waals surface area contributed by atoms with Crippen LogP contribution in [0.5, 0.6) is 0 Å². The lowest BCUT2D eigenvalue weighted by atomic mass is 10.2. The molecule has 1 rings (SSSR count). The van der Waals surface area contributed by atoms with E-state index >= 15 is 0 Å². The van der Waals surface area contributed by atoms with E-state index in [1.54, 1.807) is 18.5 Å². The second-order valence-corrected chi connectivity index (χ2v) is 3.76. The number of aromatic nitrogens is 2. The second kappa shape index (κ2) is 4.00. The number of halogens is 1. The van der Waals surface area contributed by atoms with E-state index in [4.69, 9.17) is 11.6 Å². The highest BCUT2D eigenvalue weighted by Gasteiger charge is 2.11. The first-order valence-corrected chi connectivity index (χ1v) is 4.71. The van der Waals surface area contributed by atoms with Crippen LogP contribution >= 0.6 is 11.6 Å². The van der Waals surface area contributed by atoms with Gasteiger partial charge in [0.2, 0.25) is 0 Å². The van der Waals surface area contributed by atoms with Crippen LogP contribution in [-0.4, -0.2) is 15.7 Å². The van der Waals surface area contributed by atoms with E-state index in [0.717, 1.165) is 11.4 Å². The molecule has 0 radical (unpaired) electrons. The van der Waals surface area contributed by atoms with Gasteiger partial charge in [0.25, 0.3) is 0 Å². The molecule has 0 spiro atoms. The van der Waals surface area contributed by atoms with Crippen LogP contribution in [-0.2, 0) is 11.3 Å². The van der Waals surface area contributed by atoms with Gasteiger partial charge in [0.15, 0.2) is 0 Å². The van der Waals surface area contributed by atoms with Crippen molar-refractivity contribution in [1.82, 2.24) is 9.78 Å². The molecule has 5 heteroatoms. The van der Waals surface area contributed by atoms with Crippen LogP contribution in [0.25, 0.3) is 0 Å². The van der Waals surface area contributed by atoms with Gasteiger partial charge in [-0.05, 0) is 13.8 Å². The number of rotatable bonds is 3. The number of nitrogens with zero attached hydrogens (tertiary/aromatic N) is 2. The molecule has 4 nitrogen and oxygen atoms in total. The van der Waals surface area contributed by atoms with E-state index in [1.165, 1.54) is 0 Å². The Bertz CT molecular complexity index is 360. The van der Waals surface area contributed by atoms with Crippen molar-refractivity contribution in [2.75, 3.05) is 0 Å². The number of carboxylic acid groups (broad SMARTS) is 1. The first-order chi connectivity index (χ1) is 6.43. The summed E-state index contributed by atoms with van der Waals surface area (Å²) in [6, 6.07) is 0. The maximum Gasteiger partial charge on any atom is 0.0844 e. The molecule has 0 fully saturated rings. The Kier molecular flexibility index (Phi) is 3.16. The summed E-state index contributed by atoms with van der Waals surface area (Å²) in [4.78, 5) is 10.5. The molecule has 0 aliphatic heterocycles.